The van der Waals surface area contributed by atoms with Crippen LogP contribution in [0.2, 0.25) is 0 Å². The van der Waals surface area contributed by atoms with E-state index in [1.165, 1.54) is 0 Å². The number of hydrogen-bond acceptors (Lipinski definition) is 3. The van der Waals surface area contributed by atoms with Gasteiger partial charge in [-0.25, -0.2) is 0 Å². The summed E-state index contributed by atoms with van der Waals surface area (Å²) in [5.74, 6) is 0.972. The minimum Gasteiger partial charge on any atom is -0.321 e. The van der Waals surface area contributed by atoms with Gasteiger partial charge in [0, 0.05) is 5.56 Å². The maximum atomic E-state index is 11.7. The van der Waals surface area contributed by atoms with Crippen LogP contribution < -0.4 is 5.73 Å². The second-order valence-electron chi connectivity index (χ2n) is 3.12. The van der Waals surface area contributed by atoms with E-state index in [-0.39, 0.29) is 11.8 Å². The molecule has 2 N–H and O–H groups in total. The van der Waals surface area contributed by atoms with Crippen molar-refractivity contribution in [1.82, 2.24) is 0 Å². The van der Waals surface area contributed by atoms with Crippen LogP contribution in [0, 0.1) is 0 Å². The van der Waals surface area contributed by atoms with Crippen LogP contribution in [0.15, 0.2) is 30.3 Å². The van der Waals surface area contributed by atoms with Gasteiger partial charge in [0.1, 0.15) is 0 Å². The fourth-order valence-electron chi connectivity index (χ4n) is 1.19. The molecule has 76 valence electrons. The molecular weight excluding hydrogens is 194 g/mol. The van der Waals surface area contributed by atoms with Crippen LogP contribution in [0.25, 0.3) is 0 Å². The topological polar surface area (TPSA) is 43.1 Å². The molecule has 0 radical (unpaired) electrons. The molecule has 1 atom stereocenters. The summed E-state index contributed by atoms with van der Waals surface area (Å²) < 4.78 is 0. The van der Waals surface area contributed by atoms with Gasteiger partial charge in [-0.2, -0.15) is 11.8 Å². The largest absolute Gasteiger partial charge is 0.321 e. The summed E-state index contributed by atoms with van der Waals surface area (Å²) >= 11 is 1.71. The average molecular weight is 209 g/mol. The molecule has 0 fully saturated rings. The zero-order valence-corrected chi connectivity index (χ0v) is 9.09. The Morgan fingerprint density at radius 2 is 2.07 bits per heavy atom. The zero-order chi connectivity index (χ0) is 10.4. The number of ketones is 1. The number of hydrogen-bond donors (Lipinski definition) is 1. The van der Waals surface area contributed by atoms with E-state index >= 15 is 0 Å². The Hall–Kier alpha value is -0.800. The Labute approximate surface area is 88.9 Å². The van der Waals surface area contributed by atoms with Crippen LogP contribution in [-0.4, -0.2) is 23.8 Å². The maximum absolute atomic E-state index is 11.7. The summed E-state index contributed by atoms with van der Waals surface area (Å²) in [7, 11) is 0. The Bertz CT molecular complexity index is 287. The fourth-order valence-corrected chi connectivity index (χ4v) is 1.68. The lowest BCUT2D eigenvalue weighted by Gasteiger charge is -2.09. The van der Waals surface area contributed by atoms with Crippen molar-refractivity contribution in [2.75, 3.05) is 12.0 Å². The standard InChI is InChI=1S/C11H15NOS/c1-14-8-7-10(12)11(13)9-5-3-2-4-6-9/h2-6,10H,7-8,12H2,1H3/t10-/m1/s1. The van der Waals surface area contributed by atoms with Crippen LogP contribution in [0.3, 0.4) is 0 Å². The minimum atomic E-state index is -0.357. The molecule has 0 amide bonds. The van der Waals surface area contributed by atoms with E-state index in [4.69, 9.17) is 5.73 Å². The van der Waals surface area contributed by atoms with Gasteiger partial charge < -0.3 is 5.73 Å². The number of benzene rings is 1. The second kappa shape index (κ2) is 5.83. The molecule has 0 saturated heterocycles. The maximum Gasteiger partial charge on any atom is 0.179 e. The molecule has 0 spiro atoms. The second-order valence-corrected chi connectivity index (χ2v) is 4.10. The summed E-state index contributed by atoms with van der Waals surface area (Å²) in [5, 5.41) is 0. The van der Waals surface area contributed by atoms with Gasteiger partial charge in [-0.05, 0) is 18.4 Å². The SMILES string of the molecule is CSCC[C@@H](N)C(=O)c1ccccc1. The monoisotopic (exact) mass is 209 g/mol. The van der Waals surface area contributed by atoms with E-state index in [0.29, 0.717) is 5.56 Å². The number of rotatable bonds is 5. The molecule has 14 heavy (non-hydrogen) atoms. The van der Waals surface area contributed by atoms with Gasteiger partial charge in [-0.15, -0.1) is 0 Å². The molecule has 0 aliphatic carbocycles. The van der Waals surface area contributed by atoms with Crippen molar-refractivity contribution in [1.29, 1.82) is 0 Å². The summed E-state index contributed by atoms with van der Waals surface area (Å²) in [4.78, 5) is 11.7. The molecule has 0 heterocycles. The zero-order valence-electron chi connectivity index (χ0n) is 8.27. The number of Topliss-reactive ketones (excluding diaryl/α,β-unsaturated/α-hetero) is 1. The Morgan fingerprint density at radius 1 is 1.43 bits per heavy atom. The highest BCUT2D eigenvalue weighted by molar-refractivity contribution is 7.98. The first kappa shape index (κ1) is 11.3. The van der Waals surface area contributed by atoms with Gasteiger partial charge in [0.15, 0.2) is 5.78 Å². The van der Waals surface area contributed by atoms with Gasteiger partial charge in [-0.3, -0.25) is 4.79 Å². The smallest absolute Gasteiger partial charge is 0.179 e. The third-order valence-corrected chi connectivity index (χ3v) is 2.67. The lowest BCUT2D eigenvalue weighted by Crippen LogP contribution is -2.31. The van der Waals surface area contributed by atoms with Crippen LogP contribution in [0.5, 0.6) is 0 Å². The van der Waals surface area contributed by atoms with Gasteiger partial charge in [0.05, 0.1) is 6.04 Å². The first-order valence-corrected chi connectivity index (χ1v) is 5.99. The first-order valence-electron chi connectivity index (χ1n) is 4.59. The fraction of sp³-hybridized carbons (Fsp3) is 0.364. The van der Waals surface area contributed by atoms with Crippen molar-refractivity contribution >= 4 is 17.5 Å². The molecule has 3 heteroatoms. The summed E-state index contributed by atoms with van der Waals surface area (Å²) in [6, 6.07) is 8.86. The number of carbonyl (C=O) groups excluding carboxylic acids is 1. The molecule has 0 aliphatic rings. The average Bonchev–Trinajstić information content (AvgIpc) is 2.26. The van der Waals surface area contributed by atoms with Gasteiger partial charge >= 0.3 is 0 Å². The minimum absolute atomic E-state index is 0.0413. The van der Waals surface area contributed by atoms with E-state index in [2.05, 4.69) is 0 Å². The summed E-state index contributed by atoms with van der Waals surface area (Å²) in [6.45, 7) is 0. The van der Waals surface area contributed by atoms with Crippen molar-refractivity contribution in [3.8, 4) is 0 Å². The Balaban J connectivity index is 2.57. The molecule has 1 aromatic carbocycles. The number of nitrogens with two attached hydrogens (primary N) is 1. The van der Waals surface area contributed by atoms with Crippen molar-refractivity contribution in [2.45, 2.75) is 12.5 Å². The van der Waals surface area contributed by atoms with Gasteiger partial charge in [0.25, 0.3) is 0 Å². The molecule has 0 bridgehead atoms. The summed E-state index contributed by atoms with van der Waals surface area (Å²) in [6.07, 6.45) is 2.76. The molecule has 0 unspecified atom stereocenters. The van der Waals surface area contributed by atoms with E-state index in [9.17, 15) is 4.79 Å². The van der Waals surface area contributed by atoms with Gasteiger partial charge in [0.2, 0.25) is 0 Å². The lowest BCUT2D eigenvalue weighted by molar-refractivity contribution is 0.0960. The lowest BCUT2D eigenvalue weighted by atomic mass is 10.0. The van der Waals surface area contributed by atoms with Crippen LogP contribution in [-0.2, 0) is 0 Å². The van der Waals surface area contributed by atoms with E-state index < -0.39 is 0 Å². The molecule has 1 rings (SSSR count). The highest BCUT2D eigenvalue weighted by atomic mass is 32.2. The van der Waals surface area contributed by atoms with Crippen molar-refractivity contribution in [3.63, 3.8) is 0 Å². The Morgan fingerprint density at radius 3 is 2.64 bits per heavy atom. The highest BCUT2D eigenvalue weighted by Gasteiger charge is 2.14. The van der Waals surface area contributed by atoms with E-state index in [1.54, 1.807) is 23.9 Å². The highest BCUT2D eigenvalue weighted by Crippen LogP contribution is 2.06. The van der Waals surface area contributed by atoms with Crippen molar-refractivity contribution in [2.24, 2.45) is 5.73 Å². The normalized spacial score (nSPS) is 12.4. The predicted octanol–water partition coefficient (Wildman–Crippen LogP) is 1.95. The molecule has 1 aromatic rings. The predicted molar refractivity (Wildman–Crippen MR) is 61.7 cm³/mol. The third-order valence-electron chi connectivity index (χ3n) is 2.03. The molecule has 0 aliphatic heterocycles. The van der Waals surface area contributed by atoms with Gasteiger partial charge in [-0.1, -0.05) is 30.3 Å². The molecule has 2 nitrogen and oxygen atoms in total. The van der Waals surface area contributed by atoms with E-state index in [0.717, 1.165) is 12.2 Å². The molecule has 0 saturated carbocycles. The quantitative estimate of drug-likeness (QED) is 0.754. The van der Waals surface area contributed by atoms with Crippen LogP contribution >= 0.6 is 11.8 Å². The summed E-state index contributed by atoms with van der Waals surface area (Å²) in [5.41, 5.74) is 6.48. The van der Waals surface area contributed by atoms with Crippen LogP contribution in [0.1, 0.15) is 16.8 Å². The van der Waals surface area contributed by atoms with Crippen molar-refractivity contribution in [3.05, 3.63) is 35.9 Å². The first-order chi connectivity index (χ1) is 6.75. The Kier molecular flexibility index (Phi) is 4.70. The third kappa shape index (κ3) is 3.16. The van der Waals surface area contributed by atoms with E-state index in [1.807, 2.05) is 24.5 Å². The van der Waals surface area contributed by atoms with Crippen LogP contribution in [0.4, 0.5) is 0 Å². The number of carbonyl (C=O) groups is 1. The number of thioether (sulfide) groups is 1. The molecule has 0 aromatic heterocycles. The molecular formula is C11H15NOS. The van der Waals surface area contributed by atoms with Crippen molar-refractivity contribution < 1.29 is 4.79 Å².